The number of hydrogen-bond donors (Lipinski definition) is 2. The fourth-order valence-corrected chi connectivity index (χ4v) is 3.70. The highest BCUT2D eigenvalue weighted by Gasteiger charge is 2.18. The molecule has 3 rings (SSSR count). The van der Waals surface area contributed by atoms with Crippen LogP contribution in [-0.4, -0.2) is 27.2 Å². The minimum Gasteiger partial charge on any atom is -0.443 e. The van der Waals surface area contributed by atoms with Gasteiger partial charge in [0.15, 0.2) is 5.69 Å². The van der Waals surface area contributed by atoms with Crippen LogP contribution in [0.15, 0.2) is 47.2 Å². The number of oxazole rings is 1. The largest absolute Gasteiger partial charge is 0.443 e. The van der Waals surface area contributed by atoms with Crippen molar-refractivity contribution in [2.45, 2.75) is 71.1 Å². The van der Waals surface area contributed by atoms with Gasteiger partial charge in [-0.3, -0.25) is 4.79 Å². The van der Waals surface area contributed by atoms with Gasteiger partial charge in [0, 0.05) is 6.54 Å². The quantitative estimate of drug-likeness (QED) is 0.312. The molecule has 2 aromatic heterocycles. The summed E-state index contributed by atoms with van der Waals surface area (Å²) in [4.78, 5) is 16.7. The number of nitrogens with one attached hydrogen (secondary N) is 1. The SMILES string of the molecule is CCCCCCCCCCCCNC(=O)c1coc(-c2cnn(-c3ccccc3)c2N)n1. The molecule has 1 aromatic carbocycles. The van der Waals surface area contributed by atoms with Crippen molar-refractivity contribution in [3.8, 4) is 17.1 Å². The molecule has 3 N–H and O–H groups in total. The number of amides is 1. The highest BCUT2D eigenvalue weighted by molar-refractivity contribution is 5.92. The van der Waals surface area contributed by atoms with Gasteiger partial charge in [-0.15, -0.1) is 0 Å². The van der Waals surface area contributed by atoms with Crippen LogP contribution in [0.1, 0.15) is 81.6 Å². The highest BCUT2D eigenvalue weighted by atomic mass is 16.3. The van der Waals surface area contributed by atoms with Crippen LogP contribution in [0.2, 0.25) is 0 Å². The lowest BCUT2D eigenvalue weighted by Crippen LogP contribution is -2.24. The Morgan fingerprint density at radius 3 is 2.34 bits per heavy atom. The maximum Gasteiger partial charge on any atom is 0.273 e. The number of anilines is 1. The Morgan fingerprint density at radius 2 is 1.66 bits per heavy atom. The number of hydrogen-bond acceptors (Lipinski definition) is 5. The predicted molar refractivity (Wildman–Crippen MR) is 128 cm³/mol. The van der Waals surface area contributed by atoms with Crippen LogP contribution in [0.5, 0.6) is 0 Å². The highest BCUT2D eigenvalue weighted by Crippen LogP contribution is 2.27. The Hall–Kier alpha value is -3.09. The Labute approximate surface area is 190 Å². The molecule has 32 heavy (non-hydrogen) atoms. The average Bonchev–Trinajstić information content (AvgIpc) is 3.45. The molecule has 172 valence electrons. The number of unbranched alkanes of at least 4 members (excludes halogenated alkanes) is 9. The third kappa shape index (κ3) is 6.70. The van der Waals surface area contributed by atoms with Crippen LogP contribution >= 0.6 is 0 Å². The lowest BCUT2D eigenvalue weighted by atomic mass is 10.1. The Balaban J connectivity index is 1.39. The molecular formula is C25H35N5O2. The zero-order valence-electron chi connectivity index (χ0n) is 19.1. The van der Waals surface area contributed by atoms with E-state index in [1.165, 1.54) is 57.6 Å². The monoisotopic (exact) mass is 437 g/mol. The molecule has 0 unspecified atom stereocenters. The van der Waals surface area contributed by atoms with Crippen molar-refractivity contribution in [3.63, 3.8) is 0 Å². The van der Waals surface area contributed by atoms with Crippen molar-refractivity contribution in [2.75, 3.05) is 12.3 Å². The van der Waals surface area contributed by atoms with E-state index in [2.05, 4.69) is 22.3 Å². The van der Waals surface area contributed by atoms with Gasteiger partial charge in [0.1, 0.15) is 12.1 Å². The van der Waals surface area contributed by atoms with Crippen molar-refractivity contribution in [1.82, 2.24) is 20.1 Å². The average molecular weight is 438 g/mol. The molecule has 7 heteroatoms. The number of rotatable bonds is 14. The van der Waals surface area contributed by atoms with Crippen LogP contribution in [0.25, 0.3) is 17.1 Å². The van der Waals surface area contributed by atoms with Crippen LogP contribution in [0, 0.1) is 0 Å². The van der Waals surface area contributed by atoms with Gasteiger partial charge >= 0.3 is 0 Å². The molecule has 0 spiro atoms. The molecule has 0 bridgehead atoms. The molecule has 3 aromatic rings. The predicted octanol–water partition coefficient (Wildman–Crippen LogP) is 5.76. The fraction of sp³-hybridized carbons (Fsp3) is 0.480. The van der Waals surface area contributed by atoms with Crippen molar-refractivity contribution >= 4 is 11.7 Å². The van der Waals surface area contributed by atoms with E-state index in [1.807, 2.05) is 30.3 Å². The van der Waals surface area contributed by atoms with Crippen molar-refractivity contribution in [2.24, 2.45) is 0 Å². The van der Waals surface area contributed by atoms with Gasteiger partial charge < -0.3 is 15.5 Å². The van der Waals surface area contributed by atoms with Crippen LogP contribution in [0.4, 0.5) is 5.82 Å². The zero-order valence-corrected chi connectivity index (χ0v) is 19.1. The summed E-state index contributed by atoms with van der Waals surface area (Å²) in [5, 5.41) is 7.24. The second-order valence-corrected chi connectivity index (χ2v) is 8.17. The lowest BCUT2D eigenvalue weighted by Gasteiger charge is -2.04. The molecular weight excluding hydrogens is 402 g/mol. The first-order valence-electron chi connectivity index (χ1n) is 11.8. The molecule has 0 fully saturated rings. The lowest BCUT2D eigenvalue weighted by molar-refractivity contribution is 0.0948. The van der Waals surface area contributed by atoms with Crippen LogP contribution in [-0.2, 0) is 0 Å². The maximum absolute atomic E-state index is 12.4. The standard InChI is InChI=1S/C25H35N5O2/c1-2-3-4-5-6-7-8-9-10-14-17-27-24(31)22-19-32-25(29-22)21-18-28-30(23(21)26)20-15-12-11-13-16-20/h11-13,15-16,18-19H,2-10,14,17,26H2,1H3,(H,27,31). The van der Waals surface area contributed by atoms with Crippen LogP contribution in [0.3, 0.4) is 0 Å². The Kier molecular flexibility index (Phi) is 9.35. The first-order valence-corrected chi connectivity index (χ1v) is 11.8. The van der Waals surface area contributed by atoms with Gasteiger partial charge in [-0.1, -0.05) is 82.9 Å². The minimum atomic E-state index is -0.232. The summed E-state index contributed by atoms with van der Waals surface area (Å²) in [6, 6.07) is 9.58. The summed E-state index contributed by atoms with van der Waals surface area (Å²) in [5.74, 6) is 0.467. The topological polar surface area (TPSA) is 99.0 Å². The van der Waals surface area contributed by atoms with Gasteiger partial charge in [0.25, 0.3) is 5.91 Å². The Bertz CT molecular complexity index is 948. The summed E-state index contributed by atoms with van der Waals surface area (Å²) >= 11 is 0. The maximum atomic E-state index is 12.4. The summed E-state index contributed by atoms with van der Waals surface area (Å²) < 4.78 is 7.12. The molecule has 0 aliphatic heterocycles. The van der Waals surface area contributed by atoms with E-state index in [0.29, 0.717) is 17.9 Å². The fourth-order valence-electron chi connectivity index (χ4n) is 3.70. The first-order chi connectivity index (χ1) is 15.7. The zero-order chi connectivity index (χ0) is 22.6. The first kappa shape index (κ1) is 23.6. The number of para-hydroxylation sites is 1. The molecule has 0 radical (unpaired) electrons. The molecule has 0 aliphatic rings. The molecule has 1 amide bonds. The molecule has 0 atom stereocenters. The van der Waals surface area contributed by atoms with E-state index in [4.69, 9.17) is 10.2 Å². The summed E-state index contributed by atoms with van der Waals surface area (Å²) in [5.41, 5.74) is 7.88. The second kappa shape index (κ2) is 12.7. The van der Waals surface area contributed by atoms with Gasteiger partial charge in [-0.25, -0.2) is 9.67 Å². The summed E-state index contributed by atoms with van der Waals surface area (Å²) in [7, 11) is 0. The third-order valence-corrected chi connectivity index (χ3v) is 5.59. The molecule has 2 heterocycles. The van der Waals surface area contributed by atoms with Gasteiger partial charge in [0.05, 0.1) is 17.4 Å². The number of nitrogen functional groups attached to an aromatic ring is 1. The molecule has 0 saturated carbocycles. The van der Waals surface area contributed by atoms with Gasteiger partial charge in [-0.2, -0.15) is 5.10 Å². The molecule has 0 saturated heterocycles. The number of carbonyl (C=O) groups excluding carboxylic acids is 1. The smallest absolute Gasteiger partial charge is 0.273 e. The number of nitrogens with two attached hydrogens (primary N) is 1. The minimum absolute atomic E-state index is 0.232. The van der Waals surface area contributed by atoms with E-state index in [0.717, 1.165) is 18.5 Å². The number of carbonyl (C=O) groups is 1. The van der Waals surface area contributed by atoms with Gasteiger partial charge in [-0.05, 0) is 18.6 Å². The normalized spacial score (nSPS) is 11.0. The number of nitrogens with zero attached hydrogens (tertiary/aromatic N) is 3. The van der Waals surface area contributed by atoms with E-state index < -0.39 is 0 Å². The van der Waals surface area contributed by atoms with E-state index in [9.17, 15) is 4.79 Å². The molecule has 0 aliphatic carbocycles. The number of aromatic nitrogens is 3. The van der Waals surface area contributed by atoms with Crippen LogP contribution < -0.4 is 11.1 Å². The summed E-state index contributed by atoms with van der Waals surface area (Å²) in [6.45, 7) is 2.89. The molecule has 7 nitrogen and oxygen atoms in total. The van der Waals surface area contributed by atoms with Crippen molar-refractivity contribution < 1.29 is 9.21 Å². The van der Waals surface area contributed by atoms with Crippen molar-refractivity contribution in [3.05, 3.63) is 48.5 Å². The van der Waals surface area contributed by atoms with Crippen molar-refractivity contribution in [1.29, 1.82) is 0 Å². The summed E-state index contributed by atoms with van der Waals surface area (Å²) in [6.07, 6.45) is 15.6. The van der Waals surface area contributed by atoms with E-state index in [-0.39, 0.29) is 17.5 Å². The third-order valence-electron chi connectivity index (χ3n) is 5.59. The Morgan fingerprint density at radius 1 is 1.00 bits per heavy atom. The van der Waals surface area contributed by atoms with E-state index >= 15 is 0 Å². The van der Waals surface area contributed by atoms with E-state index in [1.54, 1.807) is 10.9 Å². The number of benzene rings is 1. The van der Waals surface area contributed by atoms with Gasteiger partial charge in [0.2, 0.25) is 5.89 Å². The second-order valence-electron chi connectivity index (χ2n) is 8.17.